The molecule has 5 nitrogen and oxygen atoms in total. The fourth-order valence-corrected chi connectivity index (χ4v) is 4.07. The van der Waals surface area contributed by atoms with E-state index in [-0.39, 0.29) is 11.9 Å². The molecular weight excluding hydrogens is 288 g/mol. The fraction of sp³-hybridized carbons (Fsp3) is 0.667. The topological polar surface area (TPSA) is 62.5 Å². The average Bonchev–Trinajstić information content (AvgIpc) is 3.37. The number of likely N-dealkylation sites (tertiary alicyclic amines) is 1. The van der Waals surface area contributed by atoms with Gasteiger partial charge in [0.05, 0.1) is 0 Å². The highest BCUT2D eigenvalue weighted by molar-refractivity contribution is 5.94. The quantitative estimate of drug-likeness (QED) is 0.925. The highest BCUT2D eigenvalue weighted by Gasteiger charge is 2.41. The second-order valence-corrected chi connectivity index (χ2v) is 7.33. The molecule has 1 aliphatic carbocycles. The van der Waals surface area contributed by atoms with Crippen molar-refractivity contribution in [3.63, 3.8) is 0 Å². The van der Waals surface area contributed by atoms with Crippen LogP contribution in [0, 0.1) is 11.8 Å². The largest absolute Gasteiger partial charge is 0.355 e. The van der Waals surface area contributed by atoms with Crippen LogP contribution in [-0.2, 0) is 0 Å². The van der Waals surface area contributed by atoms with Crippen molar-refractivity contribution in [2.45, 2.75) is 38.1 Å². The third-order valence-corrected chi connectivity index (χ3v) is 5.60. The van der Waals surface area contributed by atoms with E-state index in [0.717, 1.165) is 56.3 Å². The van der Waals surface area contributed by atoms with E-state index in [1.54, 1.807) is 6.20 Å². The van der Waals surface area contributed by atoms with Gasteiger partial charge >= 0.3 is 0 Å². The second kappa shape index (κ2) is 6.11. The first-order chi connectivity index (χ1) is 11.2. The van der Waals surface area contributed by atoms with Gasteiger partial charge in [0, 0.05) is 44.0 Å². The van der Waals surface area contributed by atoms with E-state index in [9.17, 15) is 4.79 Å². The van der Waals surface area contributed by atoms with Gasteiger partial charge in [-0.05, 0) is 56.1 Å². The van der Waals surface area contributed by atoms with Crippen LogP contribution in [0.3, 0.4) is 0 Å². The number of rotatable bonds is 3. The zero-order chi connectivity index (χ0) is 15.8. The van der Waals surface area contributed by atoms with E-state index < -0.39 is 0 Å². The summed E-state index contributed by atoms with van der Waals surface area (Å²) in [6.07, 6.45) is 7.89. The number of anilines is 1. The van der Waals surface area contributed by atoms with Gasteiger partial charge in [-0.1, -0.05) is 0 Å². The molecule has 0 aromatic carbocycles. The van der Waals surface area contributed by atoms with Gasteiger partial charge in [-0.15, -0.1) is 0 Å². The van der Waals surface area contributed by atoms with Gasteiger partial charge in [0.2, 0.25) is 0 Å². The first kappa shape index (κ1) is 14.9. The molecule has 1 amide bonds. The summed E-state index contributed by atoms with van der Waals surface area (Å²) in [5, 5.41) is 0. The lowest BCUT2D eigenvalue weighted by atomic mass is 9.99. The molecule has 0 radical (unpaired) electrons. The summed E-state index contributed by atoms with van der Waals surface area (Å²) in [6, 6.07) is 4.04. The Bertz CT molecular complexity index is 580. The zero-order valence-electron chi connectivity index (χ0n) is 13.7. The van der Waals surface area contributed by atoms with Crippen molar-refractivity contribution in [3.05, 3.63) is 23.9 Å². The summed E-state index contributed by atoms with van der Waals surface area (Å²) in [4.78, 5) is 21.4. The Labute approximate surface area is 137 Å². The van der Waals surface area contributed by atoms with E-state index >= 15 is 0 Å². The van der Waals surface area contributed by atoms with E-state index in [2.05, 4.69) is 9.88 Å². The summed E-state index contributed by atoms with van der Waals surface area (Å²) >= 11 is 0. The Hall–Kier alpha value is -1.62. The number of aromatic nitrogens is 1. The summed E-state index contributed by atoms with van der Waals surface area (Å²) < 4.78 is 0. The number of carbonyl (C=O) groups excluding carboxylic acids is 1. The molecule has 0 bridgehead atoms. The predicted octanol–water partition coefficient (Wildman–Crippen LogP) is 1.88. The third-order valence-electron chi connectivity index (χ3n) is 5.60. The van der Waals surface area contributed by atoms with Crippen LogP contribution >= 0.6 is 0 Å². The molecule has 1 saturated carbocycles. The molecule has 1 aromatic rings. The predicted molar refractivity (Wildman–Crippen MR) is 90.4 cm³/mol. The number of nitrogens with zero attached hydrogens (tertiary/aromatic N) is 3. The molecule has 2 atom stereocenters. The standard InChI is InChI=1S/C18H26N4O/c19-16-12-22(11-15(16)13-4-5-13)17-10-14(6-7-20-17)18(23)21-8-2-1-3-9-21/h6-7,10,13,15-16H,1-5,8-9,11-12,19H2/t15-,16+/m0/s1. The third kappa shape index (κ3) is 3.07. The molecule has 3 fully saturated rings. The van der Waals surface area contributed by atoms with Gasteiger partial charge in [-0.2, -0.15) is 0 Å². The molecule has 2 N–H and O–H groups in total. The molecule has 3 heterocycles. The molecule has 124 valence electrons. The van der Waals surface area contributed by atoms with Crippen LogP contribution in [-0.4, -0.2) is 48.0 Å². The van der Waals surface area contributed by atoms with Crippen LogP contribution in [0.25, 0.3) is 0 Å². The minimum absolute atomic E-state index is 0.149. The molecule has 0 spiro atoms. The summed E-state index contributed by atoms with van der Waals surface area (Å²) in [5.74, 6) is 2.47. The van der Waals surface area contributed by atoms with Crippen molar-refractivity contribution in [1.82, 2.24) is 9.88 Å². The molecule has 3 aliphatic rings. The van der Waals surface area contributed by atoms with E-state index in [4.69, 9.17) is 5.73 Å². The molecule has 4 rings (SSSR count). The normalized spacial score (nSPS) is 28.2. The Morgan fingerprint density at radius 2 is 1.96 bits per heavy atom. The van der Waals surface area contributed by atoms with Gasteiger partial charge in [0.25, 0.3) is 5.91 Å². The number of nitrogens with two attached hydrogens (primary N) is 1. The maximum atomic E-state index is 12.7. The van der Waals surface area contributed by atoms with Gasteiger partial charge in [0.1, 0.15) is 5.82 Å². The lowest BCUT2D eigenvalue weighted by Crippen LogP contribution is -2.35. The monoisotopic (exact) mass is 314 g/mol. The number of piperidine rings is 1. The minimum Gasteiger partial charge on any atom is -0.355 e. The lowest BCUT2D eigenvalue weighted by molar-refractivity contribution is 0.0724. The zero-order valence-corrected chi connectivity index (χ0v) is 13.7. The Morgan fingerprint density at radius 1 is 1.17 bits per heavy atom. The second-order valence-electron chi connectivity index (χ2n) is 7.33. The van der Waals surface area contributed by atoms with Gasteiger partial charge in [-0.25, -0.2) is 4.98 Å². The maximum absolute atomic E-state index is 12.7. The van der Waals surface area contributed by atoms with Crippen molar-refractivity contribution in [2.24, 2.45) is 17.6 Å². The molecule has 0 unspecified atom stereocenters. The minimum atomic E-state index is 0.149. The van der Waals surface area contributed by atoms with Crippen molar-refractivity contribution in [1.29, 1.82) is 0 Å². The fourth-order valence-electron chi connectivity index (χ4n) is 4.07. The number of amides is 1. The number of hydrogen-bond acceptors (Lipinski definition) is 4. The Balaban J connectivity index is 1.48. The van der Waals surface area contributed by atoms with Gasteiger partial charge in [0.15, 0.2) is 0 Å². The van der Waals surface area contributed by atoms with Crippen LogP contribution in [0.4, 0.5) is 5.82 Å². The molecule has 2 aliphatic heterocycles. The Morgan fingerprint density at radius 3 is 2.70 bits per heavy atom. The number of pyridine rings is 1. The number of hydrogen-bond donors (Lipinski definition) is 1. The molecule has 1 aromatic heterocycles. The van der Waals surface area contributed by atoms with Crippen LogP contribution in [0.2, 0.25) is 0 Å². The molecular formula is C18H26N4O. The maximum Gasteiger partial charge on any atom is 0.254 e. The van der Waals surface area contributed by atoms with Crippen molar-refractivity contribution < 1.29 is 4.79 Å². The average molecular weight is 314 g/mol. The SMILES string of the molecule is N[C@@H]1CN(c2cc(C(=O)N3CCCCC3)ccn2)C[C@H]1C1CC1. The molecule has 2 saturated heterocycles. The first-order valence-corrected chi connectivity index (χ1v) is 8.98. The highest BCUT2D eigenvalue weighted by atomic mass is 16.2. The smallest absolute Gasteiger partial charge is 0.254 e. The van der Waals surface area contributed by atoms with Gasteiger partial charge < -0.3 is 15.5 Å². The summed E-state index contributed by atoms with van der Waals surface area (Å²) in [6.45, 7) is 3.61. The first-order valence-electron chi connectivity index (χ1n) is 8.98. The van der Waals surface area contributed by atoms with E-state index in [0.29, 0.717) is 5.92 Å². The molecule has 5 heteroatoms. The number of carbonyl (C=O) groups is 1. The lowest BCUT2D eigenvalue weighted by Gasteiger charge is -2.27. The van der Waals surface area contributed by atoms with Crippen molar-refractivity contribution in [3.8, 4) is 0 Å². The summed E-state index contributed by atoms with van der Waals surface area (Å²) in [5.41, 5.74) is 7.08. The van der Waals surface area contributed by atoms with E-state index in [1.165, 1.54) is 19.3 Å². The van der Waals surface area contributed by atoms with Crippen molar-refractivity contribution >= 4 is 11.7 Å². The van der Waals surface area contributed by atoms with E-state index in [1.807, 2.05) is 17.0 Å². The highest BCUT2D eigenvalue weighted by Crippen LogP contribution is 2.41. The van der Waals surface area contributed by atoms with Gasteiger partial charge in [-0.3, -0.25) is 4.79 Å². The van der Waals surface area contributed by atoms with Crippen molar-refractivity contribution in [2.75, 3.05) is 31.1 Å². The molecule has 23 heavy (non-hydrogen) atoms. The van der Waals surface area contributed by atoms with Crippen LogP contribution in [0.1, 0.15) is 42.5 Å². The summed E-state index contributed by atoms with van der Waals surface area (Å²) in [7, 11) is 0. The van der Waals surface area contributed by atoms with Crippen LogP contribution in [0.5, 0.6) is 0 Å². The van der Waals surface area contributed by atoms with Crippen LogP contribution in [0.15, 0.2) is 18.3 Å². The van der Waals surface area contributed by atoms with Crippen LogP contribution < -0.4 is 10.6 Å². The Kier molecular flexibility index (Phi) is 3.97.